The Morgan fingerprint density at radius 3 is 2.18 bits per heavy atom. The van der Waals surface area contributed by atoms with E-state index in [2.05, 4.69) is 0 Å². The minimum atomic E-state index is -0.497. The van der Waals surface area contributed by atoms with Crippen molar-refractivity contribution >= 4 is 11.6 Å². The summed E-state index contributed by atoms with van der Waals surface area (Å²) in [5.74, 6) is 0. The van der Waals surface area contributed by atoms with E-state index in [9.17, 15) is 5.11 Å². The summed E-state index contributed by atoms with van der Waals surface area (Å²) in [4.78, 5) is 0. The molecule has 0 aromatic heterocycles. The number of methoxy groups -OCH3 is 1. The zero-order valence-electron chi connectivity index (χ0n) is 10.7. The van der Waals surface area contributed by atoms with Crippen LogP contribution in [-0.2, 0) is 11.2 Å². The predicted octanol–water partition coefficient (Wildman–Crippen LogP) is 3.45. The van der Waals surface area contributed by atoms with Crippen LogP contribution in [0.2, 0.25) is 5.02 Å². The third kappa shape index (κ3) is 3.44. The number of hydrogen-bond acceptors (Lipinski definition) is 2. The number of hydrogen-bond donors (Lipinski definition) is 1. The largest absolute Gasteiger partial charge is 0.390 e. The molecule has 1 aromatic rings. The average molecular weight is 257 g/mol. The number of aliphatic hydroxyl groups excluding tert-OH is 1. The van der Waals surface area contributed by atoms with Crippen LogP contribution in [0.25, 0.3) is 0 Å². The number of rotatable bonds is 6. The molecule has 0 spiro atoms. The van der Waals surface area contributed by atoms with Crippen LogP contribution in [0.4, 0.5) is 0 Å². The SMILES string of the molecule is CCC(CC)(OC)C(O)Cc1ccc(Cl)cc1. The van der Waals surface area contributed by atoms with Gasteiger partial charge in [-0.05, 0) is 30.5 Å². The van der Waals surface area contributed by atoms with Crippen LogP contribution in [-0.4, -0.2) is 23.9 Å². The monoisotopic (exact) mass is 256 g/mol. The van der Waals surface area contributed by atoms with E-state index in [0.717, 1.165) is 18.4 Å². The number of ether oxygens (including phenoxy) is 1. The normalized spacial score (nSPS) is 13.7. The first kappa shape index (κ1) is 14.5. The molecular weight excluding hydrogens is 236 g/mol. The van der Waals surface area contributed by atoms with Crippen molar-refractivity contribution in [3.8, 4) is 0 Å². The lowest BCUT2D eigenvalue weighted by Gasteiger charge is -2.35. The average Bonchev–Trinajstić information content (AvgIpc) is 2.35. The summed E-state index contributed by atoms with van der Waals surface area (Å²) in [6.07, 6.45) is 1.69. The molecular formula is C14H21ClO2. The minimum Gasteiger partial charge on any atom is -0.390 e. The molecule has 0 aliphatic heterocycles. The Balaban J connectivity index is 2.76. The van der Waals surface area contributed by atoms with Crippen LogP contribution in [0.15, 0.2) is 24.3 Å². The van der Waals surface area contributed by atoms with Gasteiger partial charge in [0.05, 0.1) is 11.7 Å². The van der Waals surface area contributed by atoms with Crippen molar-refractivity contribution in [1.82, 2.24) is 0 Å². The first-order chi connectivity index (χ1) is 8.07. The summed E-state index contributed by atoms with van der Waals surface area (Å²) < 4.78 is 5.52. The van der Waals surface area contributed by atoms with E-state index < -0.39 is 11.7 Å². The van der Waals surface area contributed by atoms with E-state index in [1.54, 1.807) is 7.11 Å². The van der Waals surface area contributed by atoms with E-state index in [1.807, 2.05) is 38.1 Å². The Hall–Kier alpha value is -0.570. The summed E-state index contributed by atoms with van der Waals surface area (Å²) in [5.41, 5.74) is 0.629. The highest BCUT2D eigenvalue weighted by Gasteiger charge is 2.34. The topological polar surface area (TPSA) is 29.5 Å². The summed E-state index contributed by atoms with van der Waals surface area (Å²) in [5, 5.41) is 11.0. The van der Waals surface area contributed by atoms with Crippen LogP contribution in [0.1, 0.15) is 32.3 Å². The Bertz CT molecular complexity index is 322. The van der Waals surface area contributed by atoms with E-state index in [0.29, 0.717) is 11.4 Å². The van der Waals surface area contributed by atoms with Gasteiger partial charge in [0.1, 0.15) is 0 Å². The zero-order chi connectivity index (χ0) is 12.9. The molecule has 3 heteroatoms. The Morgan fingerprint density at radius 1 is 1.24 bits per heavy atom. The lowest BCUT2D eigenvalue weighted by molar-refractivity contribution is -0.106. The van der Waals surface area contributed by atoms with Gasteiger partial charge >= 0.3 is 0 Å². The molecule has 0 fully saturated rings. The van der Waals surface area contributed by atoms with Crippen molar-refractivity contribution in [2.45, 2.75) is 44.8 Å². The maximum Gasteiger partial charge on any atom is 0.0934 e. The standard InChI is InChI=1S/C14H21ClO2/c1-4-14(5-2,17-3)13(16)10-11-6-8-12(15)9-7-11/h6-9,13,16H,4-5,10H2,1-3H3. The third-order valence-electron chi connectivity index (χ3n) is 3.55. The van der Waals surface area contributed by atoms with Crippen molar-refractivity contribution in [2.24, 2.45) is 0 Å². The quantitative estimate of drug-likeness (QED) is 0.845. The number of halogens is 1. The van der Waals surface area contributed by atoms with Gasteiger partial charge in [-0.2, -0.15) is 0 Å². The summed E-state index contributed by atoms with van der Waals surface area (Å²) in [6, 6.07) is 7.57. The van der Waals surface area contributed by atoms with Crippen molar-refractivity contribution in [3.63, 3.8) is 0 Å². The fourth-order valence-corrected chi connectivity index (χ4v) is 2.30. The van der Waals surface area contributed by atoms with Gasteiger partial charge in [0.25, 0.3) is 0 Å². The molecule has 0 aliphatic rings. The van der Waals surface area contributed by atoms with Gasteiger partial charge in [-0.15, -0.1) is 0 Å². The first-order valence-electron chi connectivity index (χ1n) is 6.05. The number of benzene rings is 1. The highest BCUT2D eigenvalue weighted by atomic mass is 35.5. The van der Waals surface area contributed by atoms with E-state index in [-0.39, 0.29) is 0 Å². The lowest BCUT2D eigenvalue weighted by atomic mass is 9.86. The van der Waals surface area contributed by atoms with Crippen LogP contribution in [0, 0.1) is 0 Å². The van der Waals surface area contributed by atoms with Crippen LogP contribution >= 0.6 is 11.6 Å². The molecule has 0 amide bonds. The van der Waals surface area contributed by atoms with E-state index in [1.165, 1.54) is 0 Å². The van der Waals surface area contributed by atoms with Crippen molar-refractivity contribution in [3.05, 3.63) is 34.9 Å². The fraction of sp³-hybridized carbons (Fsp3) is 0.571. The molecule has 2 nitrogen and oxygen atoms in total. The van der Waals surface area contributed by atoms with Crippen molar-refractivity contribution < 1.29 is 9.84 Å². The molecule has 0 heterocycles. The lowest BCUT2D eigenvalue weighted by Crippen LogP contribution is -2.44. The second kappa shape index (κ2) is 6.39. The van der Waals surface area contributed by atoms with Crippen LogP contribution in [0.5, 0.6) is 0 Å². The highest BCUT2D eigenvalue weighted by Crippen LogP contribution is 2.26. The minimum absolute atomic E-state index is 0.445. The van der Waals surface area contributed by atoms with Gasteiger partial charge in [-0.3, -0.25) is 0 Å². The van der Waals surface area contributed by atoms with Gasteiger partial charge < -0.3 is 9.84 Å². The fourth-order valence-electron chi connectivity index (χ4n) is 2.18. The summed E-state index contributed by atoms with van der Waals surface area (Å²) in [7, 11) is 1.66. The Morgan fingerprint density at radius 2 is 1.76 bits per heavy atom. The molecule has 0 radical (unpaired) electrons. The van der Waals surface area contributed by atoms with E-state index in [4.69, 9.17) is 16.3 Å². The Kier molecular flexibility index (Phi) is 5.44. The van der Waals surface area contributed by atoms with Gasteiger partial charge in [0.2, 0.25) is 0 Å². The predicted molar refractivity (Wildman–Crippen MR) is 71.5 cm³/mol. The molecule has 0 bridgehead atoms. The Labute approximate surface area is 109 Å². The second-order valence-corrected chi connectivity index (χ2v) is 4.76. The molecule has 1 unspecified atom stereocenters. The molecule has 1 atom stereocenters. The molecule has 96 valence electrons. The smallest absolute Gasteiger partial charge is 0.0934 e. The maximum atomic E-state index is 10.3. The molecule has 0 saturated heterocycles. The van der Waals surface area contributed by atoms with Crippen molar-refractivity contribution in [1.29, 1.82) is 0 Å². The molecule has 0 saturated carbocycles. The van der Waals surface area contributed by atoms with Crippen LogP contribution < -0.4 is 0 Å². The van der Waals surface area contributed by atoms with Gasteiger partial charge in [0.15, 0.2) is 0 Å². The molecule has 0 aliphatic carbocycles. The maximum absolute atomic E-state index is 10.3. The molecule has 1 rings (SSSR count). The second-order valence-electron chi connectivity index (χ2n) is 4.32. The van der Waals surface area contributed by atoms with Crippen molar-refractivity contribution in [2.75, 3.05) is 7.11 Å². The summed E-state index contributed by atoms with van der Waals surface area (Å²) in [6.45, 7) is 4.08. The highest BCUT2D eigenvalue weighted by molar-refractivity contribution is 6.30. The first-order valence-corrected chi connectivity index (χ1v) is 6.43. The third-order valence-corrected chi connectivity index (χ3v) is 3.81. The molecule has 17 heavy (non-hydrogen) atoms. The number of aliphatic hydroxyl groups is 1. The molecule has 1 N–H and O–H groups in total. The van der Waals surface area contributed by atoms with Gasteiger partial charge in [0, 0.05) is 18.6 Å². The van der Waals surface area contributed by atoms with Gasteiger partial charge in [-0.25, -0.2) is 0 Å². The van der Waals surface area contributed by atoms with E-state index >= 15 is 0 Å². The van der Waals surface area contributed by atoms with Gasteiger partial charge in [-0.1, -0.05) is 37.6 Å². The summed E-state index contributed by atoms with van der Waals surface area (Å²) >= 11 is 5.83. The zero-order valence-corrected chi connectivity index (χ0v) is 11.5. The molecule has 1 aromatic carbocycles. The van der Waals surface area contributed by atoms with Crippen LogP contribution in [0.3, 0.4) is 0 Å².